The SMILES string of the molecule is Cc1ccn2c(=O)c(NC(=O)c3ccc(C(C)(C)C)cc3)cnc2c1. The third kappa shape index (κ3) is 3.45. The molecule has 0 saturated heterocycles. The second-order valence-electron chi connectivity index (χ2n) is 7.19. The lowest BCUT2D eigenvalue weighted by molar-refractivity contribution is 0.102. The average molecular weight is 335 g/mol. The zero-order valence-corrected chi connectivity index (χ0v) is 14.8. The van der Waals surface area contributed by atoms with Crippen LogP contribution < -0.4 is 10.9 Å². The first kappa shape index (κ1) is 16.9. The van der Waals surface area contributed by atoms with Crippen LogP contribution >= 0.6 is 0 Å². The molecule has 3 rings (SSSR count). The van der Waals surface area contributed by atoms with Gasteiger partial charge in [-0.3, -0.25) is 14.0 Å². The molecule has 2 aromatic heterocycles. The highest BCUT2D eigenvalue weighted by atomic mass is 16.2. The highest BCUT2D eigenvalue weighted by molar-refractivity contribution is 6.04. The number of benzene rings is 1. The minimum absolute atomic E-state index is 0.0221. The Morgan fingerprint density at radius 1 is 1.12 bits per heavy atom. The van der Waals surface area contributed by atoms with E-state index in [2.05, 4.69) is 31.1 Å². The van der Waals surface area contributed by atoms with E-state index in [1.54, 1.807) is 18.3 Å². The summed E-state index contributed by atoms with van der Waals surface area (Å²) in [6.07, 6.45) is 3.06. The first-order valence-corrected chi connectivity index (χ1v) is 8.15. The van der Waals surface area contributed by atoms with Crippen LogP contribution in [0.3, 0.4) is 0 Å². The summed E-state index contributed by atoms with van der Waals surface area (Å²) in [5.41, 5.74) is 3.10. The van der Waals surface area contributed by atoms with Gasteiger partial charge in [0.2, 0.25) is 0 Å². The maximum Gasteiger partial charge on any atom is 0.281 e. The number of rotatable bonds is 2. The zero-order valence-electron chi connectivity index (χ0n) is 14.8. The number of anilines is 1. The lowest BCUT2D eigenvalue weighted by atomic mass is 9.87. The summed E-state index contributed by atoms with van der Waals surface area (Å²) in [6, 6.07) is 11.0. The van der Waals surface area contributed by atoms with Gasteiger partial charge in [-0.2, -0.15) is 0 Å². The van der Waals surface area contributed by atoms with Crippen molar-refractivity contribution in [2.75, 3.05) is 5.32 Å². The molecule has 0 aliphatic rings. The maximum atomic E-state index is 12.5. The van der Waals surface area contributed by atoms with Crippen LogP contribution in [-0.2, 0) is 5.41 Å². The van der Waals surface area contributed by atoms with Crippen LogP contribution in [0.4, 0.5) is 5.69 Å². The van der Waals surface area contributed by atoms with E-state index in [9.17, 15) is 9.59 Å². The molecule has 5 heteroatoms. The predicted octanol–water partition coefficient (Wildman–Crippen LogP) is 3.55. The number of nitrogens with one attached hydrogen (secondary N) is 1. The Labute approximate surface area is 146 Å². The van der Waals surface area contributed by atoms with E-state index in [0.717, 1.165) is 11.1 Å². The molecule has 0 spiro atoms. The first-order valence-electron chi connectivity index (χ1n) is 8.15. The molecule has 1 N–H and O–H groups in total. The molecule has 0 aliphatic heterocycles. The van der Waals surface area contributed by atoms with Gasteiger partial charge in [-0.1, -0.05) is 32.9 Å². The Morgan fingerprint density at radius 3 is 2.44 bits per heavy atom. The number of nitrogens with zero attached hydrogens (tertiary/aromatic N) is 2. The van der Waals surface area contributed by atoms with Crippen molar-refractivity contribution >= 4 is 17.2 Å². The third-order valence-electron chi connectivity index (χ3n) is 4.13. The third-order valence-corrected chi connectivity index (χ3v) is 4.13. The van der Waals surface area contributed by atoms with E-state index < -0.39 is 0 Å². The summed E-state index contributed by atoms with van der Waals surface area (Å²) in [7, 11) is 0. The monoisotopic (exact) mass is 335 g/mol. The molecule has 2 heterocycles. The molecule has 0 radical (unpaired) electrons. The smallest absolute Gasteiger partial charge is 0.281 e. The van der Waals surface area contributed by atoms with Crippen molar-refractivity contribution in [3.63, 3.8) is 0 Å². The summed E-state index contributed by atoms with van der Waals surface area (Å²) >= 11 is 0. The van der Waals surface area contributed by atoms with Gasteiger partial charge in [0.25, 0.3) is 11.5 Å². The van der Waals surface area contributed by atoms with Gasteiger partial charge in [0.1, 0.15) is 11.3 Å². The highest BCUT2D eigenvalue weighted by Gasteiger charge is 2.15. The number of aromatic nitrogens is 2. The fourth-order valence-corrected chi connectivity index (χ4v) is 2.58. The standard InChI is InChI=1S/C20H21N3O2/c1-13-9-10-23-17(11-13)21-12-16(19(23)25)22-18(24)14-5-7-15(8-6-14)20(2,3)4/h5-12H,1-4H3,(H,22,24). The van der Waals surface area contributed by atoms with E-state index in [-0.39, 0.29) is 22.6 Å². The fraction of sp³-hybridized carbons (Fsp3) is 0.250. The number of carbonyl (C=O) groups excluding carboxylic acids is 1. The molecule has 0 bridgehead atoms. The van der Waals surface area contributed by atoms with Gasteiger partial charge in [0.15, 0.2) is 0 Å². The number of aryl methyl sites for hydroxylation is 1. The summed E-state index contributed by atoms with van der Waals surface area (Å²) in [6.45, 7) is 8.28. The molecule has 5 nitrogen and oxygen atoms in total. The Hall–Kier alpha value is -2.95. The maximum absolute atomic E-state index is 12.5. The highest BCUT2D eigenvalue weighted by Crippen LogP contribution is 2.22. The van der Waals surface area contributed by atoms with E-state index in [4.69, 9.17) is 0 Å². The molecule has 0 unspecified atom stereocenters. The Balaban J connectivity index is 1.88. The van der Waals surface area contributed by atoms with Gasteiger partial charge in [0.05, 0.1) is 6.20 Å². The summed E-state index contributed by atoms with van der Waals surface area (Å²) in [5, 5.41) is 2.66. The molecular formula is C20H21N3O2. The van der Waals surface area contributed by atoms with Gasteiger partial charge < -0.3 is 5.32 Å². The molecule has 25 heavy (non-hydrogen) atoms. The van der Waals surface area contributed by atoms with Crippen LogP contribution in [0.1, 0.15) is 42.3 Å². The molecule has 0 saturated carbocycles. The minimum atomic E-state index is -0.327. The second-order valence-corrected chi connectivity index (χ2v) is 7.19. The Bertz CT molecular complexity index is 996. The van der Waals surface area contributed by atoms with Crippen LogP contribution in [0, 0.1) is 6.92 Å². The van der Waals surface area contributed by atoms with E-state index >= 15 is 0 Å². The van der Waals surface area contributed by atoms with Gasteiger partial charge >= 0.3 is 0 Å². The first-order chi connectivity index (χ1) is 11.8. The molecule has 1 aromatic carbocycles. The number of hydrogen-bond donors (Lipinski definition) is 1. The van der Waals surface area contributed by atoms with Crippen molar-refractivity contribution in [1.29, 1.82) is 0 Å². The summed E-state index contributed by atoms with van der Waals surface area (Å²) < 4.78 is 1.42. The lowest BCUT2D eigenvalue weighted by Gasteiger charge is -2.19. The summed E-state index contributed by atoms with van der Waals surface area (Å²) in [5.74, 6) is -0.327. The van der Waals surface area contributed by atoms with Crippen molar-refractivity contribution in [2.24, 2.45) is 0 Å². The van der Waals surface area contributed by atoms with Crippen molar-refractivity contribution < 1.29 is 4.79 Å². The number of carbonyl (C=O) groups is 1. The molecular weight excluding hydrogens is 314 g/mol. The number of hydrogen-bond acceptors (Lipinski definition) is 3. The quantitative estimate of drug-likeness (QED) is 0.779. The second kappa shape index (κ2) is 6.16. The van der Waals surface area contributed by atoms with Crippen LogP contribution in [0.15, 0.2) is 53.6 Å². The minimum Gasteiger partial charge on any atom is -0.316 e. The van der Waals surface area contributed by atoms with E-state index in [1.807, 2.05) is 31.2 Å². The zero-order chi connectivity index (χ0) is 18.2. The summed E-state index contributed by atoms with van der Waals surface area (Å²) in [4.78, 5) is 29.2. The molecule has 0 fully saturated rings. The topological polar surface area (TPSA) is 63.5 Å². The van der Waals surface area contributed by atoms with Gasteiger partial charge in [-0.15, -0.1) is 0 Å². The van der Waals surface area contributed by atoms with Crippen molar-refractivity contribution in [2.45, 2.75) is 33.1 Å². The number of amides is 1. The van der Waals surface area contributed by atoms with Gasteiger partial charge in [-0.05, 0) is 47.7 Å². The normalized spacial score (nSPS) is 11.5. The van der Waals surface area contributed by atoms with Crippen molar-refractivity contribution in [3.8, 4) is 0 Å². The van der Waals surface area contributed by atoms with E-state index in [0.29, 0.717) is 11.2 Å². The van der Waals surface area contributed by atoms with Crippen LogP contribution in [0.5, 0.6) is 0 Å². The fourth-order valence-electron chi connectivity index (χ4n) is 2.58. The van der Waals surface area contributed by atoms with Crippen LogP contribution in [0.2, 0.25) is 0 Å². The predicted molar refractivity (Wildman–Crippen MR) is 99.3 cm³/mol. The number of pyridine rings is 1. The molecule has 0 atom stereocenters. The van der Waals surface area contributed by atoms with Crippen molar-refractivity contribution in [3.05, 3.63) is 75.8 Å². The average Bonchev–Trinajstić information content (AvgIpc) is 2.56. The van der Waals surface area contributed by atoms with E-state index in [1.165, 1.54) is 10.6 Å². The van der Waals surface area contributed by atoms with Crippen LogP contribution in [0.25, 0.3) is 5.65 Å². The van der Waals surface area contributed by atoms with Gasteiger partial charge in [0, 0.05) is 11.8 Å². The Kier molecular flexibility index (Phi) is 4.17. The molecule has 1 amide bonds. The Morgan fingerprint density at radius 2 is 1.80 bits per heavy atom. The largest absolute Gasteiger partial charge is 0.316 e. The number of fused-ring (bicyclic) bond motifs is 1. The lowest BCUT2D eigenvalue weighted by Crippen LogP contribution is -2.23. The molecule has 128 valence electrons. The molecule has 0 aliphatic carbocycles. The van der Waals surface area contributed by atoms with Gasteiger partial charge in [-0.25, -0.2) is 4.98 Å². The van der Waals surface area contributed by atoms with Crippen molar-refractivity contribution in [1.82, 2.24) is 9.38 Å². The van der Waals surface area contributed by atoms with Crippen LogP contribution in [-0.4, -0.2) is 15.3 Å². The molecule has 3 aromatic rings.